The molecule has 0 bridgehead atoms. The molecule has 2 atom stereocenters. The lowest BCUT2D eigenvalue weighted by Gasteiger charge is -2.01. The van der Waals surface area contributed by atoms with E-state index >= 15 is 0 Å². The predicted octanol–water partition coefficient (Wildman–Crippen LogP) is 1.71. The molecule has 19 heavy (non-hydrogen) atoms. The molecule has 1 aliphatic heterocycles. The standard InChI is InChI=1S/C13H14ClN3O2/c14-9-3-1-2-8(4-9)5-12-16-13(19-17-12)11-6-10(18)7-15-11/h1-4,10-11,15,18H,5-7H2. The van der Waals surface area contributed by atoms with E-state index in [1.54, 1.807) is 0 Å². The first-order chi connectivity index (χ1) is 9.20. The van der Waals surface area contributed by atoms with Gasteiger partial charge in [-0.25, -0.2) is 0 Å². The molecule has 0 radical (unpaired) electrons. The Balaban J connectivity index is 1.71. The fraction of sp³-hybridized carbons (Fsp3) is 0.385. The minimum Gasteiger partial charge on any atom is -0.392 e. The highest BCUT2D eigenvalue weighted by atomic mass is 35.5. The van der Waals surface area contributed by atoms with Crippen LogP contribution in [0.25, 0.3) is 0 Å². The van der Waals surface area contributed by atoms with Crippen LogP contribution in [0.5, 0.6) is 0 Å². The van der Waals surface area contributed by atoms with E-state index in [0.717, 1.165) is 5.56 Å². The number of benzene rings is 1. The zero-order valence-corrected chi connectivity index (χ0v) is 11.0. The highest BCUT2D eigenvalue weighted by Gasteiger charge is 2.27. The third-order valence-electron chi connectivity index (χ3n) is 3.14. The van der Waals surface area contributed by atoms with Crippen LogP contribution in [-0.2, 0) is 6.42 Å². The van der Waals surface area contributed by atoms with Crippen LogP contribution in [0.2, 0.25) is 5.02 Å². The second-order valence-electron chi connectivity index (χ2n) is 4.71. The van der Waals surface area contributed by atoms with E-state index in [9.17, 15) is 5.11 Å². The molecule has 2 heterocycles. The Kier molecular flexibility index (Phi) is 3.50. The van der Waals surface area contributed by atoms with Crippen molar-refractivity contribution in [1.82, 2.24) is 15.5 Å². The molecular formula is C13H14ClN3O2. The molecule has 1 aromatic carbocycles. The Labute approximate surface area is 115 Å². The van der Waals surface area contributed by atoms with Gasteiger partial charge in [0.25, 0.3) is 0 Å². The SMILES string of the molecule is OC1CNC(c2nc(Cc3cccc(Cl)c3)no2)C1. The van der Waals surface area contributed by atoms with E-state index in [-0.39, 0.29) is 12.1 Å². The maximum Gasteiger partial charge on any atom is 0.243 e. The smallest absolute Gasteiger partial charge is 0.243 e. The first kappa shape index (κ1) is 12.6. The minimum absolute atomic E-state index is 0.0457. The molecule has 1 aliphatic rings. The molecule has 2 N–H and O–H groups in total. The summed E-state index contributed by atoms with van der Waals surface area (Å²) < 4.78 is 5.23. The van der Waals surface area contributed by atoms with Crippen molar-refractivity contribution in [3.8, 4) is 0 Å². The Morgan fingerprint density at radius 2 is 2.37 bits per heavy atom. The summed E-state index contributed by atoms with van der Waals surface area (Å²) in [4.78, 5) is 4.36. The molecule has 3 rings (SSSR count). The van der Waals surface area contributed by atoms with Gasteiger partial charge < -0.3 is 14.9 Å². The fourth-order valence-electron chi connectivity index (χ4n) is 2.22. The largest absolute Gasteiger partial charge is 0.392 e. The van der Waals surface area contributed by atoms with Gasteiger partial charge in [-0.05, 0) is 24.1 Å². The number of β-amino-alcohol motifs (C(OH)–C–C–N with tert-alkyl or cyclic N) is 1. The van der Waals surface area contributed by atoms with Gasteiger partial charge in [-0.15, -0.1) is 0 Å². The van der Waals surface area contributed by atoms with Crippen molar-refractivity contribution in [2.45, 2.75) is 25.0 Å². The Morgan fingerprint density at radius 3 is 3.11 bits per heavy atom. The van der Waals surface area contributed by atoms with Crippen molar-refractivity contribution in [2.75, 3.05) is 6.54 Å². The monoisotopic (exact) mass is 279 g/mol. The number of aliphatic hydroxyl groups is 1. The molecule has 0 aliphatic carbocycles. The third-order valence-corrected chi connectivity index (χ3v) is 3.38. The second kappa shape index (κ2) is 5.28. The van der Waals surface area contributed by atoms with Gasteiger partial charge in [0.1, 0.15) is 0 Å². The second-order valence-corrected chi connectivity index (χ2v) is 5.14. The number of nitrogens with zero attached hydrogens (tertiary/aromatic N) is 2. The Hall–Kier alpha value is -1.43. The van der Waals surface area contributed by atoms with Gasteiger partial charge in [0, 0.05) is 18.0 Å². The van der Waals surface area contributed by atoms with Gasteiger partial charge in [0.15, 0.2) is 5.82 Å². The van der Waals surface area contributed by atoms with Crippen LogP contribution in [0.4, 0.5) is 0 Å². The molecule has 1 fully saturated rings. The molecule has 2 unspecified atom stereocenters. The summed E-state index contributed by atoms with van der Waals surface area (Å²) in [6.07, 6.45) is 0.853. The van der Waals surface area contributed by atoms with Gasteiger partial charge in [0.2, 0.25) is 5.89 Å². The van der Waals surface area contributed by atoms with Crippen LogP contribution >= 0.6 is 11.6 Å². The van der Waals surface area contributed by atoms with Crippen LogP contribution in [0, 0.1) is 0 Å². The average Bonchev–Trinajstić information content (AvgIpc) is 2.98. The average molecular weight is 280 g/mol. The summed E-state index contributed by atoms with van der Waals surface area (Å²) in [7, 11) is 0. The Morgan fingerprint density at radius 1 is 1.47 bits per heavy atom. The normalized spacial score (nSPS) is 22.8. The number of rotatable bonds is 3. The number of aliphatic hydroxyl groups excluding tert-OH is 1. The van der Waals surface area contributed by atoms with E-state index in [1.165, 1.54) is 0 Å². The summed E-state index contributed by atoms with van der Waals surface area (Å²) in [5, 5.41) is 17.3. The van der Waals surface area contributed by atoms with E-state index < -0.39 is 0 Å². The van der Waals surface area contributed by atoms with Crippen LogP contribution in [0.3, 0.4) is 0 Å². The van der Waals surface area contributed by atoms with Gasteiger partial charge in [-0.1, -0.05) is 28.9 Å². The topological polar surface area (TPSA) is 71.2 Å². The summed E-state index contributed by atoms with van der Waals surface area (Å²) in [6, 6.07) is 7.54. The zero-order valence-electron chi connectivity index (χ0n) is 10.2. The number of hydrogen-bond donors (Lipinski definition) is 2. The molecule has 5 nitrogen and oxygen atoms in total. The fourth-order valence-corrected chi connectivity index (χ4v) is 2.43. The lowest BCUT2D eigenvalue weighted by molar-refractivity contribution is 0.191. The number of halogens is 1. The summed E-state index contributed by atoms with van der Waals surface area (Å²) in [5.74, 6) is 1.16. The van der Waals surface area contributed by atoms with Gasteiger partial charge in [0.05, 0.1) is 12.1 Å². The molecule has 1 saturated heterocycles. The van der Waals surface area contributed by atoms with Gasteiger partial charge in [-0.2, -0.15) is 4.98 Å². The van der Waals surface area contributed by atoms with Crippen LogP contribution in [0.1, 0.15) is 29.7 Å². The maximum absolute atomic E-state index is 9.47. The number of nitrogens with one attached hydrogen (secondary N) is 1. The van der Waals surface area contributed by atoms with Crippen molar-refractivity contribution in [1.29, 1.82) is 0 Å². The highest BCUT2D eigenvalue weighted by Crippen LogP contribution is 2.22. The molecule has 1 aromatic heterocycles. The van der Waals surface area contributed by atoms with Crippen LogP contribution < -0.4 is 5.32 Å². The zero-order chi connectivity index (χ0) is 13.2. The van der Waals surface area contributed by atoms with Crippen molar-refractivity contribution in [3.63, 3.8) is 0 Å². The molecule has 6 heteroatoms. The van der Waals surface area contributed by atoms with E-state index in [4.69, 9.17) is 16.1 Å². The molecule has 0 saturated carbocycles. The first-order valence-corrected chi connectivity index (χ1v) is 6.57. The van der Waals surface area contributed by atoms with Crippen LogP contribution in [0.15, 0.2) is 28.8 Å². The lowest BCUT2D eigenvalue weighted by Crippen LogP contribution is -2.15. The number of aromatic nitrogens is 2. The highest BCUT2D eigenvalue weighted by molar-refractivity contribution is 6.30. The van der Waals surface area contributed by atoms with E-state index in [0.29, 0.717) is 36.1 Å². The molecule has 100 valence electrons. The molecule has 0 amide bonds. The number of hydrogen-bond acceptors (Lipinski definition) is 5. The quantitative estimate of drug-likeness (QED) is 0.895. The molecule has 0 spiro atoms. The summed E-state index contributed by atoms with van der Waals surface area (Å²) in [6.45, 7) is 0.566. The third kappa shape index (κ3) is 2.94. The maximum atomic E-state index is 9.47. The summed E-state index contributed by atoms with van der Waals surface area (Å²) >= 11 is 5.93. The van der Waals surface area contributed by atoms with Gasteiger partial charge in [-0.3, -0.25) is 0 Å². The van der Waals surface area contributed by atoms with E-state index in [2.05, 4.69) is 15.5 Å². The molecule has 2 aromatic rings. The van der Waals surface area contributed by atoms with Crippen molar-refractivity contribution < 1.29 is 9.63 Å². The minimum atomic E-state index is -0.340. The predicted molar refractivity (Wildman–Crippen MR) is 69.9 cm³/mol. The summed E-state index contributed by atoms with van der Waals surface area (Å²) in [5.41, 5.74) is 1.04. The van der Waals surface area contributed by atoms with Crippen LogP contribution in [-0.4, -0.2) is 27.9 Å². The Bertz CT molecular complexity index is 573. The molecular weight excluding hydrogens is 266 g/mol. The van der Waals surface area contributed by atoms with Crippen molar-refractivity contribution in [3.05, 3.63) is 46.6 Å². The van der Waals surface area contributed by atoms with E-state index in [1.807, 2.05) is 24.3 Å². The first-order valence-electron chi connectivity index (χ1n) is 6.19. The lowest BCUT2D eigenvalue weighted by atomic mass is 10.1. The van der Waals surface area contributed by atoms with Crippen molar-refractivity contribution >= 4 is 11.6 Å². The van der Waals surface area contributed by atoms with Gasteiger partial charge >= 0.3 is 0 Å². The van der Waals surface area contributed by atoms with Crippen molar-refractivity contribution in [2.24, 2.45) is 0 Å².